The van der Waals surface area contributed by atoms with Gasteiger partial charge in [0.15, 0.2) is 5.79 Å². The molecular formula is C17H29N3O3. The molecule has 4 aliphatic rings. The molecule has 6 nitrogen and oxygen atoms in total. The summed E-state index contributed by atoms with van der Waals surface area (Å²) in [6, 6.07) is 1.22. The molecule has 0 aromatic heterocycles. The maximum absolute atomic E-state index is 12.3. The number of rotatable bonds is 4. The minimum Gasteiger partial charge on any atom is -0.352 e. The fourth-order valence-electron chi connectivity index (χ4n) is 4.16. The van der Waals surface area contributed by atoms with Gasteiger partial charge < -0.3 is 19.7 Å². The van der Waals surface area contributed by atoms with Crippen molar-refractivity contribution in [2.75, 3.05) is 45.9 Å². The van der Waals surface area contributed by atoms with Gasteiger partial charge in [0.2, 0.25) is 5.91 Å². The summed E-state index contributed by atoms with van der Waals surface area (Å²) in [5, 5.41) is 3.24. The van der Waals surface area contributed by atoms with Crippen LogP contribution in [-0.4, -0.2) is 79.5 Å². The lowest BCUT2D eigenvalue weighted by atomic mass is 10.0. The third kappa shape index (κ3) is 3.87. The quantitative estimate of drug-likeness (QED) is 0.820. The highest BCUT2D eigenvalue weighted by Gasteiger charge is 2.40. The summed E-state index contributed by atoms with van der Waals surface area (Å²) < 4.78 is 11.5. The van der Waals surface area contributed by atoms with Gasteiger partial charge in [0.25, 0.3) is 0 Å². The molecule has 4 rings (SSSR count). The monoisotopic (exact) mass is 323 g/mol. The molecule has 3 aliphatic heterocycles. The third-order valence-electron chi connectivity index (χ3n) is 5.76. The number of carbonyl (C=O) groups is 1. The largest absolute Gasteiger partial charge is 0.352 e. The summed E-state index contributed by atoms with van der Waals surface area (Å²) in [4.78, 5) is 17.1. The predicted octanol–water partition coefficient (Wildman–Crippen LogP) is 0.568. The highest BCUT2D eigenvalue weighted by Crippen LogP contribution is 2.31. The number of nitrogens with zero attached hydrogens (tertiary/aromatic N) is 2. The molecule has 6 heteroatoms. The molecule has 1 N–H and O–H groups in total. The van der Waals surface area contributed by atoms with Gasteiger partial charge in [-0.2, -0.15) is 0 Å². The number of piperidine rings is 2. The minimum absolute atomic E-state index is 0.180. The Morgan fingerprint density at radius 3 is 2.26 bits per heavy atom. The standard InChI is InChI=1S/C17H29N3O3/c21-16(18-14-3-7-20(8-4-14)15-1-2-15)13-19-9-5-17(6-10-19)22-11-12-23-17/h14-15H,1-13H2,(H,18,21). The Morgan fingerprint density at radius 2 is 1.65 bits per heavy atom. The second-order valence-corrected chi connectivity index (χ2v) is 7.49. The van der Waals surface area contributed by atoms with E-state index in [1.165, 1.54) is 12.8 Å². The molecule has 130 valence electrons. The van der Waals surface area contributed by atoms with Crippen molar-refractivity contribution in [3.8, 4) is 0 Å². The highest BCUT2D eigenvalue weighted by molar-refractivity contribution is 5.78. The zero-order valence-electron chi connectivity index (χ0n) is 14.0. The van der Waals surface area contributed by atoms with E-state index >= 15 is 0 Å². The van der Waals surface area contributed by atoms with Gasteiger partial charge in [-0.1, -0.05) is 0 Å². The maximum Gasteiger partial charge on any atom is 0.234 e. The summed E-state index contributed by atoms with van der Waals surface area (Å²) in [5.41, 5.74) is 0. The molecule has 23 heavy (non-hydrogen) atoms. The number of carbonyl (C=O) groups excluding carboxylic acids is 1. The van der Waals surface area contributed by atoms with Crippen molar-refractivity contribution >= 4 is 5.91 Å². The van der Waals surface area contributed by atoms with Crippen molar-refractivity contribution in [2.24, 2.45) is 0 Å². The summed E-state index contributed by atoms with van der Waals surface area (Å²) in [5.74, 6) is -0.165. The molecule has 1 saturated carbocycles. The molecule has 0 atom stereocenters. The van der Waals surface area contributed by atoms with Gasteiger partial charge >= 0.3 is 0 Å². The van der Waals surface area contributed by atoms with Crippen LogP contribution in [0.3, 0.4) is 0 Å². The van der Waals surface area contributed by atoms with E-state index in [1.807, 2.05) is 0 Å². The number of amides is 1. The topological polar surface area (TPSA) is 54.0 Å². The molecule has 0 unspecified atom stereocenters. The Hall–Kier alpha value is -0.690. The number of nitrogens with one attached hydrogen (secondary N) is 1. The van der Waals surface area contributed by atoms with Crippen molar-refractivity contribution in [1.82, 2.24) is 15.1 Å². The van der Waals surface area contributed by atoms with Crippen LogP contribution in [0.1, 0.15) is 38.5 Å². The minimum atomic E-state index is -0.345. The number of hydrogen-bond donors (Lipinski definition) is 1. The van der Waals surface area contributed by atoms with Crippen LogP contribution in [-0.2, 0) is 14.3 Å². The average Bonchev–Trinajstić information content (AvgIpc) is 3.31. The fourth-order valence-corrected chi connectivity index (χ4v) is 4.16. The smallest absolute Gasteiger partial charge is 0.234 e. The lowest BCUT2D eigenvalue weighted by molar-refractivity contribution is -0.185. The number of likely N-dealkylation sites (tertiary alicyclic amines) is 2. The van der Waals surface area contributed by atoms with Crippen molar-refractivity contribution < 1.29 is 14.3 Å². The SMILES string of the molecule is O=C(CN1CCC2(CC1)OCCO2)NC1CCN(C2CC2)CC1. The summed E-state index contributed by atoms with van der Waals surface area (Å²) >= 11 is 0. The van der Waals surface area contributed by atoms with Crippen LogP contribution in [0.4, 0.5) is 0 Å². The Balaban J connectivity index is 1.16. The Labute approximate surface area is 138 Å². The summed E-state index contributed by atoms with van der Waals surface area (Å²) in [6.45, 7) is 5.99. The van der Waals surface area contributed by atoms with Gasteiger partial charge in [0, 0.05) is 51.1 Å². The Morgan fingerprint density at radius 1 is 1.00 bits per heavy atom. The molecule has 1 amide bonds. The van der Waals surface area contributed by atoms with Gasteiger partial charge in [-0.05, 0) is 25.7 Å². The molecule has 0 aromatic rings. The molecule has 4 fully saturated rings. The average molecular weight is 323 g/mol. The predicted molar refractivity (Wildman–Crippen MR) is 86.1 cm³/mol. The van der Waals surface area contributed by atoms with Crippen molar-refractivity contribution in [3.63, 3.8) is 0 Å². The molecule has 1 spiro atoms. The molecule has 0 bridgehead atoms. The first-order chi connectivity index (χ1) is 11.2. The second-order valence-electron chi connectivity index (χ2n) is 7.49. The maximum atomic E-state index is 12.3. The summed E-state index contributed by atoms with van der Waals surface area (Å²) in [6.07, 6.45) is 6.71. The number of ether oxygens (including phenoxy) is 2. The van der Waals surface area contributed by atoms with Gasteiger partial charge in [-0.25, -0.2) is 0 Å². The van der Waals surface area contributed by atoms with Gasteiger partial charge in [0.1, 0.15) is 0 Å². The summed E-state index contributed by atoms with van der Waals surface area (Å²) in [7, 11) is 0. The Kier molecular flexibility index (Phi) is 4.58. The first kappa shape index (κ1) is 15.8. The first-order valence-electron chi connectivity index (χ1n) is 9.26. The van der Waals surface area contributed by atoms with Gasteiger partial charge in [0.05, 0.1) is 19.8 Å². The highest BCUT2D eigenvalue weighted by atomic mass is 16.7. The molecular weight excluding hydrogens is 294 g/mol. The fraction of sp³-hybridized carbons (Fsp3) is 0.941. The zero-order valence-corrected chi connectivity index (χ0v) is 14.0. The van der Waals surface area contributed by atoms with Gasteiger partial charge in [-0.15, -0.1) is 0 Å². The third-order valence-corrected chi connectivity index (χ3v) is 5.76. The molecule has 1 aliphatic carbocycles. The van der Waals surface area contributed by atoms with E-state index in [0.717, 1.165) is 57.9 Å². The van der Waals surface area contributed by atoms with E-state index in [-0.39, 0.29) is 11.7 Å². The van der Waals surface area contributed by atoms with E-state index in [2.05, 4.69) is 15.1 Å². The van der Waals surface area contributed by atoms with Crippen LogP contribution in [0.5, 0.6) is 0 Å². The van der Waals surface area contributed by atoms with Crippen LogP contribution in [0, 0.1) is 0 Å². The Bertz CT molecular complexity index is 417. The normalized spacial score (nSPS) is 29.9. The van der Waals surface area contributed by atoms with Crippen LogP contribution >= 0.6 is 0 Å². The van der Waals surface area contributed by atoms with Crippen LogP contribution in [0.2, 0.25) is 0 Å². The van der Waals surface area contributed by atoms with E-state index in [0.29, 0.717) is 25.8 Å². The van der Waals surface area contributed by atoms with Crippen LogP contribution < -0.4 is 5.32 Å². The van der Waals surface area contributed by atoms with E-state index in [1.54, 1.807) is 0 Å². The van der Waals surface area contributed by atoms with Gasteiger partial charge in [-0.3, -0.25) is 9.69 Å². The van der Waals surface area contributed by atoms with Crippen molar-refractivity contribution in [2.45, 2.75) is 56.4 Å². The zero-order chi connectivity index (χ0) is 15.7. The molecule has 0 radical (unpaired) electrons. The van der Waals surface area contributed by atoms with Crippen molar-refractivity contribution in [1.29, 1.82) is 0 Å². The van der Waals surface area contributed by atoms with Crippen LogP contribution in [0.25, 0.3) is 0 Å². The van der Waals surface area contributed by atoms with Crippen molar-refractivity contribution in [3.05, 3.63) is 0 Å². The lowest BCUT2D eigenvalue weighted by Crippen LogP contribution is -2.51. The lowest BCUT2D eigenvalue weighted by Gasteiger charge is -2.37. The molecule has 0 aromatic carbocycles. The molecule has 3 saturated heterocycles. The molecule has 3 heterocycles. The first-order valence-corrected chi connectivity index (χ1v) is 9.26. The van der Waals surface area contributed by atoms with E-state index in [4.69, 9.17) is 9.47 Å². The van der Waals surface area contributed by atoms with Crippen LogP contribution in [0.15, 0.2) is 0 Å². The van der Waals surface area contributed by atoms with E-state index in [9.17, 15) is 4.79 Å². The second kappa shape index (κ2) is 6.67. The number of hydrogen-bond acceptors (Lipinski definition) is 5. The van der Waals surface area contributed by atoms with E-state index < -0.39 is 0 Å².